The van der Waals surface area contributed by atoms with Gasteiger partial charge in [-0.2, -0.15) is 13.2 Å². The number of rotatable bonds is 8. The number of hydrogen-bond acceptors (Lipinski definition) is 4. The third-order valence-corrected chi connectivity index (χ3v) is 6.73. The van der Waals surface area contributed by atoms with Crippen LogP contribution in [0.2, 0.25) is 0 Å². The van der Waals surface area contributed by atoms with E-state index in [2.05, 4.69) is 10.6 Å². The van der Waals surface area contributed by atoms with E-state index in [0.717, 1.165) is 22.3 Å². The maximum atomic E-state index is 12.9. The molecule has 0 spiro atoms. The van der Waals surface area contributed by atoms with E-state index < -0.39 is 42.1 Å². The second kappa shape index (κ2) is 9.24. The zero-order valence-electron chi connectivity index (χ0n) is 18.9. The average molecular weight is 490 g/mol. The Kier molecular flexibility index (Phi) is 6.48. The number of benzene rings is 2. The molecule has 186 valence electrons. The van der Waals surface area contributed by atoms with E-state index in [9.17, 15) is 27.6 Å². The summed E-state index contributed by atoms with van der Waals surface area (Å²) in [6.07, 6.45) is -4.71. The molecule has 0 aliphatic heterocycles. The summed E-state index contributed by atoms with van der Waals surface area (Å²) < 4.78 is 44.3. The first-order valence-electron chi connectivity index (χ1n) is 11.2. The fourth-order valence-corrected chi connectivity index (χ4v) is 4.57. The van der Waals surface area contributed by atoms with Gasteiger partial charge in [0.1, 0.15) is 12.1 Å². The number of ether oxygens (including phenoxy) is 1. The summed E-state index contributed by atoms with van der Waals surface area (Å²) in [5.41, 5.74) is 2.60. The first kappa shape index (κ1) is 24.6. The van der Waals surface area contributed by atoms with Gasteiger partial charge in [0.15, 0.2) is 5.92 Å². The predicted octanol–water partition coefficient (Wildman–Crippen LogP) is 4.07. The number of amides is 2. The first-order valence-corrected chi connectivity index (χ1v) is 11.2. The Labute approximate surface area is 199 Å². The monoisotopic (exact) mass is 490 g/mol. The lowest BCUT2D eigenvalue weighted by atomic mass is 9.94. The second-order valence-corrected chi connectivity index (χ2v) is 9.07. The molecule has 7 nitrogen and oxygen atoms in total. The van der Waals surface area contributed by atoms with Crippen LogP contribution in [0.4, 0.5) is 18.0 Å². The molecular formula is C25H25F3N2O5. The van der Waals surface area contributed by atoms with Crippen molar-refractivity contribution in [2.75, 3.05) is 13.2 Å². The quantitative estimate of drug-likeness (QED) is 0.518. The molecule has 0 saturated heterocycles. The maximum Gasteiger partial charge on any atom is 0.408 e. The minimum Gasteiger partial charge on any atom is -0.481 e. The third kappa shape index (κ3) is 4.96. The van der Waals surface area contributed by atoms with Crippen LogP contribution in [0, 0.1) is 11.8 Å². The number of nitrogens with one attached hydrogen (secondary N) is 2. The van der Waals surface area contributed by atoms with Crippen molar-refractivity contribution in [2.24, 2.45) is 11.8 Å². The highest BCUT2D eigenvalue weighted by Gasteiger charge is 2.50. The summed E-state index contributed by atoms with van der Waals surface area (Å²) in [5, 5.41) is 13.4. The van der Waals surface area contributed by atoms with Gasteiger partial charge in [-0.1, -0.05) is 48.5 Å². The van der Waals surface area contributed by atoms with Crippen LogP contribution in [0.5, 0.6) is 0 Å². The highest BCUT2D eigenvalue weighted by atomic mass is 19.4. The molecule has 1 fully saturated rings. The van der Waals surface area contributed by atoms with Crippen molar-refractivity contribution < 1.29 is 37.4 Å². The topological polar surface area (TPSA) is 105 Å². The Bertz CT molecular complexity index is 1100. The molecule has 2 aromatic rings. The zero-order valence-corrected chi connectivity index (χ0v) is 18.9. The van der Waals surface area contributed by atoms with E-state index >= 15 is 0 Å². The molecule has 3 N–H and O–H groups in total. The standard InChI is InChI=1S/C25H25F3N2O5/c1-24(14-10-11-14,22(33)29-12-20(21(31)32)25(26,27)28)30-23(34)35-13-19-17-8-4-2-6-15(17)16-7-3-5-9-18(16)19/h2-9,14,19-20H,10-13H2,1H3,(H,29,33)(H,30,34)(H,31,32). The largest absolute Gasteiger partial charge is 0.481 e. The van der Waals surface area contributed by atoms with Gasteiger partial charge in [-0.25, -0.2) is 4.79 Å². The lowest BCUT2D eigenvalue weighted by molar-refractivity contribution is -0.192. The van der Waals surface area contributed by atoms with Gasteiger partial charge in [0.2, 0.25) is 5.91 Å². The summed E-state index contributed by atoms with van der Waals surface area (Å²) in [6.45, 7) is 0.286. The fourth-order valence-electron chi connectivity index (χ4n) is 4.57. The van der Waals surface area contributed by atoms with Crippen molar-refractivity contribution in [3.8, 4) is 11.1 Å². The van der Waals surface area contributed by atoms with Crippen LogP contribution >= 0.6 is 0 Å². The molecule has 2 unspecified atom stereocenters. The Balaban J connectivity index is 1.42. The fraction of sp³-hybridized carbons (Fsp3) is 0.400. The van der Waals surface area contributed by atoms with Gasteiger partial charge in [-0.3, -0.25) is 9.59 Å². The van der Waals surface area contributed by atoms with Gasteiger partial charge in [0, 0.05) is 12.5 Å². The van der Waals surface area contributed by atoms with Gasteiger partial charge < -0.3 is 20.5 Å². The number of fused-ring (bicyclic) bond motifs is 3. The molecule has 35 heavy (non-hydrogen) atoms. The molecule has 2 aliphatic rings. The van der Waals surface area contributed by atoms with Crippen molar-refractivity contribution in [1.29, 1.82) is 0 Å². The van der Waals surface area contributed by atoms with Gasteiger partial charge >= 0.3 is 18.2 Å². The minimum atomic E-state index is -5.02. The SMILES string of the molecule is CC(NC(=O)OCC1c2ccccc2-c2ccccc21)(C(=O)NCC(C(=O)O)C(F)(F)F)C1CC1. The number of carbonyl (C=O) groups excluding carboxylic acids is 2. The van der Waals surface area contributed by atoms with Crippen LogP contribution in [0.1, 0.15) is 36.8 Å². The molecule has 4 rings (SSSR count). The van der Waals surface area contributed by atoms with Crippen LogP contribution in [0.25, 0.3) is 11.1 Å². The van der Waals surface area contributed by atoms with Crippen LogP contribution in [-0.4, -0.2) is 47.9 Å². The molecule has 1 saturated carbocycles. The Morgan fingerprint density at radius 1 is 1.03 bits per heavy atom. The van der Waals surface area contributed by atoms with E-state index in [0.29, 0.717) is 12.8 Å². The zero-order chi connectivity index (χ0) is 25.4. The number of alkyl carbamates (subject to hydrolysis) is 1. The number of aliphatic carboxylic acids is 1. The molecular weight excluding hydrogens is 465 g/mol. The smallest absolute Gasteiger partial charge is 0.408 e. The number of hydrogen-bond donors (Lipinski definition) is 3. The molecule has 2 atom stereocenters. The molecule has 0 radical (unpaired) electrons. The molecule has 10 heteroatoms. The normalized spacial score (nSPS) is 17.5. The maximum absolute atomic E-state index is 12.9. The summed E-state index contributed by atoms with van der Waals surface area (Å²) in [4.78, 5) is 36.4. The van der Waals surface area contributed by atoms with Crippen LogP contribution in [0.3, 0.4) is 0 Å². The number of carboxylic acids is 1. The van der Waals surface area contributed by atoms with Crippen molar-refractivity contribution in [1.82, 2.24) is 10.6 Å². The summed E-state index contributed by atoms with van der Waals surface area (Å²) in [7, 11) is 0. The van der Waals surface area contributed by atoms with E-state index in [1.807, 2.05) is 48.5 Å². The minimum absolute atomic E-state index is 0.0113. The lowest BCUT2D eigenvalue weighted by Gasteiger charge is -2.30. The summed E-state index contributed by atoms with van der Waals surface area (Å²) in [5.74, 6) is -6.21. The van der Waals surface area contributed by atoms with Crippen molar-refractivity contribution >= 4 is 18.0 Å². The molecule has 0 aromatic heterocycles. The molecule has 2 aliphatic carbocycles. The first-order chi connectivity index (χ1) is 16.5. The van der Waals surface area contributed by atoms with E-state index in [1.165, 1.54) is 6.92 Å². The molecule has 0 bridgehead atoms. The highest BCUT2D eigenvalue weighted by Crippen LogP contribution is 2.44. The van der Waals surface area contributed by atoms with Crippen LogP contribution in [0.15, 0.2) is 48.5 Å². The van der Waals surface area contributed by atoms with Crippen LogP contribution in [-0.2, 0) is 14.3 Å². The molecule has 2 amide bonds. The lowest BCUT2D eigenvalue weighted by Crippen LogP contribution is -2.59. The number of halogens is 3. The van der Waals surface area contributed by atoms with Crippen LogP contribution < -0.4 is 10.6 Å². The molecule has 0 heterocycles. The van der Waals surface area contributed by atoms with Gasteiger partial charge in [0.05, 0.1) is 0 Å². The predicted molar refractivity (Wildman–Crippen MR) is 120 cm³/mol. The highest BCUT2D eigenvalue weighted by molar-refractivity contribution is 5.90. The Morgan fingerprint density at radius 3 is 2.06 bits per heavy atom. The summed E-state index contributed by atoms with van der Waals surface area (Å²) >= 11 is 0. The molecule has 2 aromatic carbocycles. The van der Waals surface area contributed by atoms with E-state index in [1.54, 1.807) is 0 Å². The number of carbonyl (C=O) groups is 3. The Morgan fingerprint density at radius 2 is 1.57 bits per heavy atom. The number of alkyl halides is 3. The average Bonchev–Trinajstić information content (AvgIpc) is 3.60. The van der Waals surface area contributed by atoms with Gasteiger partial charge in [-0.15, -0.1) is 0 Å². The van der Waals surface area contributed by atoms with Crippen molar-refractivity contribution in [2.45, 2.75) is 37.4 Å². The van der Waals surface area contributed by atoms with Gasteiger partial charge in [0.25, 0.3) is 0 Å². The van der Waals surface area contributed by atoms with E-state index in [4.69, 9.17) is 9.84 Å². The number of carboxylic acid groups (broad SMARTS) is 1. The second-order valence-electron chi connectivity index (χ2n) is 9.07. The van der Waals surface area contributed by atoms with Crippen molar-refractivity contribution in [3.05, 3.63) is 59.7 Å². The van der Waals surface area contributed by atoms with Gasteiger partial charge in [-0.05, 0) is 47.9 Å². The Hall–Kier alpha value is -3.56. The summed E-state index contributed by atoms with van der Waals surface area (Å²) in [6, 6.07) is 15.6. The third-order valence-electron chi connectivity index (χ3n) is 6.73. The van der Waals surface area contributed by atoms with Crippen molar-refractivity contribution in [3.63, 3.8) is 0 Å². The van der Waals surface area contributed by atoms with E-state index in [-0.39, 0.29) is 18.4 Å².